The number of likely N-dealkylation sites (tertiary alicyclic amines) is 1. The molecule has 0 radical (unpaired) electrons. The standard InChI is InChI=1S/C27H35N3O4.ClH/c1-2-3-15-30-25(26(32)28-24(19-31)27(30)33)21-13-16-29(17-14-21)18-20-9-11-23(12-10-20)34-22-7-5-4-6-8-22;/h4-12,21,24-25,31H,2-3,13-19H2,1H3,(H,28,32);1H. The predicted molar refractivity (Wildman–Crippen MR) is 138 cm³/mol. The van der Waals surface area contributed by atoms with Crippen molar-refractivity contribution >= 4 is 24.2 Å². The van der Waals surface area contributed by atoms with Gasteiger partial charge in [-0.3, -0.25) is 14.5 Å². The number of halogens is 1. The van der Waals surface area contributed by atoms with Gasteiger partial charge in [0.25, 0.3) is 0 Å². The van der Waals surface area contributed by atoms with Gasteiger partial charge in [0.2, 0.25) is 11.8 Å². The van der Waals surface area contributed by atoms with E-state index in [1.165, 1.54) is 5.56 Å². The number of para-hydroxylation sites is 1. The van der Waals surface area contributed by atoms with Gasteiger partial charge in [0.05, 0.1) is 6.61 Å². The SMILES string of the molecule is CCCCN1C(=O)C(CO)NC(=O)C1C1CCN(Cc2ccc(Oc3ccccc3)cc2)CC1.Cl. The Kier molecular flexibility index (Phi) is 9.95. The van der Waals surface area contributed by atoms with Crippen LogP contribution in [0.25, 0.3) is 0 Å². The Labute approximate surface area is 213 Å². The molecule has 2 amide bonds. The molecule has 35 heavy (non-hydrogen) atoms. The number of unbranched alkanes of at least 4 members (excludes halogenated alkanes) is 1. The summed E-state index contributed by atoms with van der Waals surface area (Å²) in [6, 6.07) is 16.7. The van der Waals surface area contributed by atoms with Crippen molar-refractivity contribution in [2.24, 2.45) is 5.92 Å². The normalized spacial score (nSPS) is 21.4. The number of nitrogens with zero attached hydrogens (tertiary/aromatic N) is 2. The Morgan fingerprint density at radius 1 is 1.00 bits per heavy atom. The van der Waals surface area contributed by atoms with Gasteiger partial charge < -0.3 is 20.1 Å². The van der Waals surface area contributed by atoms with Crippen molar-refractivity contribution < 1.29 is 19.4 Å². The van der Waals surface area contributed by atoms with Crippen LogP contribution in [0.4, 0.5) is 0 Å². The molecule has 0 saturated carbocycles. The fraction of sp³-hybridized carbons (Fsp3) is 0.481. The molecule has 7 nitrogen and oxygen atoms in total. The van der Waals surface area contributed by atoms with Crippen molar-refractivity contribution in [3.63, 3.8) is 0 Å². The number of amides is 2. The van der Waals surface area contributed by atoms with Gasteiger partial charge in [-0.15, -0.1) is 12.4 Å². The first kappa shape index (κ1) is 27.0. The van der Waals surface area contributed by atoms with Gasteiger partial charge in [0.15, 0.2) is 0 Å². The average Bonchev–Trinajstić information content (AvgIpc) is 2.86. The zero-order chi connectivity index (χ0) is 23.9. The summed E-state index contributed by atoms with van der Waals surface area (Å²) in [6.45, 7) is 4.91. The van der Waals surface area contributed by atoms with E-state index in [2.05, 4.69) is 29.3 Å². The zero-order valence-electron chi connectivity index (χ0n) is 20.3. The number of hydrogen-bond acceptors (Lipinski definition) is 5. The maximum Gasteiger partial charge on any atom is 0.248 e. The van der Waals surface area contributed by atoms with Crippen LogP contribution in [0.5, 0.6) is 11.5 Å². The largest absolute Gasteiger partial charge is 0.457 e. The number of ether oxygens (including phenoxy) is 1. The van der Waals surface area contributed by atoms with E-state index in [1.54, 1.807) is 4.90 Å². The number of carbonyl (C=O) groups excluding carboxylic acids is 2. The number of rotatable bonds is 9. The van der Waals surface area contributed by atoms with E-state index in [4.69, 9.17) is 4.74 Å². The third-order valence-corrected chi connectivity index (χ3v) is 6.82. The molecule has 8 heteroatoms. The molecular weight excluding hydrogens is 466 g/mol. The summed E-state index contributed by atoms with van der Waals surface area (Å²) in [7, 11) is 0. The molecule has 190 valence electrons. The van der Waals surface area contributed by atoms with Crippen LogP contribution in [0.3, 0.4) is 0 Å². The molecule has 2 aromatic carbocycles. The smallest absolute Gasteiger partial charge is 0.248 e. The molecule has 2 fully saturated rings. The molecule has 2 aliphatic heterocycles. The van der Waals surface area contributed by atoms with E-state index in [9.17, 15) is 14.7 Å². The Morgan fingerprint density at radius 3 is 2.29 bits per heavy atom. The second-order valence-electron chi connectivity index (χ2n) is 9.25. The first-order chi connectivity index (χ1) is 16.6. The van der Waals surface area contributed by atoms with E-state index in [-0.39, 0.29) is 36.7 Å². The first-order valence-corrected chi connectivity index (χ1v) is 12.3. The van der Waals surface area contributed by atoms with Crippen molar-refractivity contribution in [2.45, 2.75) is 51.2 Å². The quantitative estimate of drug-likeness (QED) is 0.548. The van der Waals surface area contributed by atoms with Gasteiger partial charge in [-0.25, -0.2) is 0 Å². The summed E-state index contributed by atoms with van der Waals surface area (Å²) in [5, 5.41) is 12.2. The monoisotopic (exact) mass is 501 g/mol. The lowest BCUT2D eigenvalue weighted by atomic mass is 9.85. The Balaban J connectivity index is 0.00000342. The molecule has 0 aliphatic carbocycles. The van der Waals surface area contributed by atoms with Crippen LogP contribution < -0.4 is 10.1 Å². The molecular formula is C27H36ClN3O4. The summed E-state index contributed by atoms with van der Waals surface area (Å²) in [6.07, 6.45) is 3.55. The lowest BCUT2D eigenvalue weighted by Crippen LogP contribution is -2.66. The van der Waals surface area contributed by atoms with Crippen LogP contribution in [0.2, 0.25) is 0 Å². The molecule has 0 bridgehead atoms. The topological polar surface area (TPSA) is 82.1 Å². The number of hydrogen-bond donors (Lipinski definition) is 2. The van der Waals surface area contributed by atoms with Gasteiger partial charge in [-0.2, -0.15) is 0 Å². The molecule has 2 aliphatic rings. The number of piperazine rings is 1. The van der Waals surface area contributed by atoms with E-state index in [0.717, 1.165) is 56.8 Å². The summed E-state index contributed by atoms with van der Waals surface area (Å²) in [4.78, 5) is 29.8. The highest BCUT2D eigenvalue weighted by Crippen LogP contribution is 2.29. The minimum Gasteiger partial charge on any atom is -0.457 e. The van der Waals surface area contributed by atoms with Crippen molar-refractivity contribution in [3.05, 3.63) is 60.2 Å². The average molecular weight is 502 g/mol. The molecule has 2 N–H and O–H groups in total. The summed E-state index contributed by atoms with van der Waals surface area (Å²) >= 11 is 0. The van der Waals surface area contributed by atoms with Gasteiger partial charge in [-0.1, -0.05) is 43.7 Å². The molecule has 2 unspecified atom stereocenters. The van der Waals surface area contributed by atoms with Crippen molar-refractivity contribution in [1.29, 1.82) is 0 Å². The van der Waals surface area contributed by atoms with E-state index < -0.39 is 12.1 Å². The number of piperidine rings is 1. The number of aliphatic hydroxyl groups is 1. The van der Waals surface area contributed by atoms with Crippen LogP contribution in [0.1, 0.15) is 38.2 Å². The van der Waals surface area contributed by atoms with E-state index >= 15 is 0 Å². The van der Waals surface area contributed by atoms with Gasteiger partial charge in [0, 0.05) is 13.1 Å². The zero-order valence-corrected chi connectivity index (χ0v) is 21.1. The number of aliphatic hydroxyl groups excluding tert-OH is 1. The van der Waals surface area contributed by atoms with Crippen LogP contribution >= 0.6 is 12.4 Å². The molecule has 0 aromatic heterocycles. The maximum atomic E-state index is 12.9. The second-order valence-corrected chi connectivity index (χ2v) is 9.25. The van der Waals surface area contributed by atoms with Crippen molar-refractivity contribution in [3.8, 4) is 11.5 Å². The molecule has 2 aromatic rings. The van der Waals surface area contributed by atoms with Gasteiger partial charge >= 0.3 is 0 Å². The lowest BCUT2D eigenvalue weighted by Gasteiger charge is -2.44. The molecule has 2 saturated heterocycles. The van der Waals surface area contributed by atoms with Crippen molar-refractivity contribution in [1.82, 2.24) is 15.1 Å². The highest BCUT2D eigenvalue weighted by molar-refractivity contribution is 5.97. The highest BCUT2D eigenvalue weighted by Gasteiger charge is 2.44. The fourth-order valence-electron chi connectivity index (χ4n) is 4.94. The maximum absolute atomic E-state index is 12.9. The predicted octanol–water partition coefficient (Wildman–Crippen LogP) is 3.60. The summed E-state index contributed by atoms with van der Waals surface area (Å²) in [5.74, 6) is 1.50. The Hall–Kier alpha value is -2.61. The third-order valence-electron chi connectivity index (χ3n) is 6.82. The third kappa shape index (κ3) is 6.75. The van der Waals surface area contributed by atoms with Crippen molar-refractivity contribution in [2.75, 3.05) is 26.2 Å². The fourth-order valence-corrected chi connectivity index (χ4v) is 4.94. The molecule has 2 heterocycles. The number of nitrogens with one attached hydrogen (secondary N) is 1. The molecule has 0 spiro atoms. The van der Waals surface area contributed by atoms with Crippen LogP contribution in [-0.2, 0) is 16.1 Å². The van der Waals surface area contributed by atoms with E-state index in [1.807, 2.05) is 42.5 Å². The number of carbonyl (C=O) groups is 2. The number of benzene rings is 2. The Morgan fingerprint density at radius 2 is 1.66 bits per heavy atom. The lowest BCUT2D eigenvalue weighted by molar-refractivity contribution is -0.153. The highest BCUT2D eigenvalue weighted by atomic mass is 35.5. The van der Waals surface area contributed by atoms with E-state index in [0.29, 0.717) is 6.54 Å². The molecule has 4 rings (SSSR count). The van der Waals surface area contributed by atoms with Gasteiger partial charge in [-0.05, 0) is 68.1 Å². The summed E-state index contributed by atoms with van der Waals surface area (Å²) < 4.78 is 5.88. The van der Waals surface area contributed by atoms with Crippen LogP contribution in [0, 0.1) is 5.92 Å². The van der Waals surface area contributed by atoms with Crippen LogP contribution in [0.15, 0.2) is 54.6 Å². The molecule has 2 atom stereocenters. The van der Waals surface area contributed by atoms with Crippen LogP contribution in [-0.4, -0.2) is 65.0 Å². The second kappa shape index (κ2) is 12.9. The first-order valence-electron chi connectivity index (χ1n) is 12.3. The minimum atomic E-state index is -0.811. The summed E-state index contributed by atoms with van der Waals surface area (Å²) in [5.41, 5.74) is 1.22. The van der Waals surface area contributed by atoms with Gasteiger partial charge in [0.1, 0.15) is 23.6 Å². The minimum absolute atomic E-state index is 0. The Bertz CT molecular complexity index is 949.